The molecule has 5 rings (SSSR count). The molecular formula is C26H22F2N2O2. The molecule has 0 bridgehead atoms. The molecule has 1 aliphatic heterocycles. The predicted octanol–water partition coefficient (Wildman–Crippen LogP) is 4.06. The van der Waals surface area contributed by atoms with Gasteiger partial charge in [0.05, 0.1) is 0 Å². The number of carbonyl (C=O) groups excluding carboxylic acids is 2. The van der Waals surface area contributed by atoms with Crippen LogP contribution in [0.5, 0.6) is 0 Å². The van der Waals surface area contributed by atoms with Crippen LogP contribution in [0.2, 0.25) is 0 Å². The Morgan fingerprint density at radius 2 is 1.31 bits per heavy atom. The molecule has 0 atom stereocenters. The maximum Gasteiger partial charge on any atom is 0.196 e. The average Bonchev–Trinajstić information content (AvgIpc) is 3.05. The van der Waals surface area contributed by atoms with Crippen molar-refractivity contribution in [3.05, 3.63) is 107 Å². The van der Waals surface area contributed by atoms with Gasteiger partial charge in [-0.15, -0.1) is 0 Å². The Morgan fingerprint density at radius 1 is 0.719 bits per heavy atom. The largest absolute Gasteiger partial charge is 0.297 e. The quantitative estimate of drug-likeness (QED) is 0.583. The molecule has 2 aliphatic rings. The van der Waals surface area contributed by atoms with Gasteiger partial charge in [0.15, 0.2) is 28.7 Å². The molecule has 162 valence electrons. The van der Waals surface area contributed by atoms with E-state index < -0.39 is 17.2 Å². The SMILES string of the molecule is O=C1c2ccccc2C(=O)C1(c1ccccc1)N1CCN(Cc2ccc(F)c(F)c2)CC1. The minimum Gasteiger partial charge on any atom is -0.297 e. The van der Waals surface area contributed by atoms with E-state index in [1.54, 1.807) is 30.3 Å². The predicted molar refractivity (Wildman–Crippen MR) is 116 cm³/mol. The number of rotatable bonds is 4. The summed E-state index contributed by atoms with van der Waals surface area (Å²) in [7, 11) is 0. The van der Waals surface area contributed by atoms with Crippen molar-refractivity contribution in [3.8, 4) is 0 Å². The van der Waals surface area contributed by atoms with E-state index in [0.717, 1.165) is 6.07 Å². The second-order valence-corrected chi connectivity index (χ2v) is 8.29. The lowest BCUT2D eigenvalue weighted by atomic mass is 9.82. The van der Waals surface area contributed by atoms with Crippen molar-refractivity contribution >= 4 is 11.6 Å². The number of nitrogens with zero attached hydrogens (tertiary/aromatic N) is 2. The van der Waals surface area contributed by atoms with Crippen molar-refractivity contribution in [3.63, 3.8) is 0 Å². The average molecular weight is 432 g/mol. The maximum atomic E-state index is 13.7. The second-order valence-electron chi connectivity index (χ2n) is 8.29. The number of piperazine rings is 1. The summed E-state index contributed by atoms with van der Waals surface area (Å²) in [5.41, 5.74) is 0.936. The number of halogens is 2. The highest BCUT2D eigenvalue weighted by atomic mass is 19.2. The zero-order chi connectivity index (χ0) is 22.3. The summed E-state index contributed by atoms with van der Waals surface area (Å²) in [5.74, 6) is -2.08. The molecule has 0 amide bonds. The summed E-state index contributed by atoms with van der Waals surface area (Å²) >= 11 is 0. The standard InChI is InChI=1S/C26H22F2N2O2/c27-22-11-10-18(16-23(22)28)17-29-12-14-30(15-13-29)26(19-6-2-1-3-7-19)24(31)20-8-4-5-9-21(20)25(26)32/h1-11,16H,12-15,17H2. The van der Waals surface area contributed by atoms with Gasteiger partial charge in [0.2, 0.25) is 0 Å². The van der Waals surface area contributed by atoms with Gasteiger partial charge in [0, 0.05) is 43.9 Å². The highest BCUT2D eigenvalue weighted by molar-refractivity contribution is 6.32. The zero-order valence-corrected chi connectivity index (χ0v) is 17.4. The van der Waals surface area contributed by atoms with Crippen molar-refractivity contribution in [1.82, 2.24) is 9.80 Å². The summed E-state index contributed by atoms with van der Waals surface area (Å²) in [6.45, 7) is 2.69. The first-order valence-corrected chi connectivity index (χ1v) is 10.7. The molecule has 4 nitrogen and oxygen atoms in total. The Morgan fingerprint density at radius 3 is 1.91 bits per heavy atom. The third-order valence-corrected chi connectivity index (χ3v) is 6.50. The van der Waals surface area contributed by atoms with Crippen molar-refractivity contribution in [1.29, 1.82) is 0 Å². The van der Waals surface area contributed by atoms with Gasteiger partial charge in [-0.05, 0) is 23.3 Å². The van der Waals surface area contributed by atoms with Crippen molar-refractivity contribution in [2.75, 3.05) is 26.2 Å². The first-order chi connectivity index (χ1) is 15.5. The maximum absolute atomic E-state index is 13.7. The second kappa shape index (κ2) is 8.04. The lowest BCUT2D eigenvalue weighted by molar-refractivity contribution is 0.0279. The lowest BCUT2D eigenvalue weighted by Gasteiger charge is -2.44. The summed E-state index contributed by atoms with van der Waals surface area (Å²) in [6, 6.07) is 20.2. The molecule has 0 aromatic heterocycles. The molecule has 1 fully saturated rings. The van der Waals surface area contributed by atoms with Crippen LogP contribution < -0.4 is 0 Å². The zero-order valence-electron chi connectivity index (χ0n) is 17.4. The number of ketones is 2. The molecule has 1 saturated heterocycles. The smallest absolute Gasteiger partial charge is 0.196 e. The molecular weight excluding hydrogens is 410 g/mol. The van der Waals surface area contributed by atoms with Crippen molar-refractivity contribution < 1.29 is 18.4 Å². The number of benzene rings is 3. The Balaban J connectivity index is 1.43. The van der Waals surface area contributed by atoms with Gasteiger partial charge in [-0.2, -0.15) is 0 Å². The van der Waals surface area contributed by atoms with Crippen LogP contribution in [0.1, 0.15) is 31.8 Å². The van der Waals surface area contributed by atoms with Crippen molar-refractivity contribution in [2.24, 2.45) is 0 Å². The van der Waals surface area contributed by atoms with Gasteiger partial charge in [0.25, 0.3) is 0 Å². The molecule has 0 spiro atoms. The Labute approximate surface area is 185 Å². The van der Waals surface area contributed by atoms with E-state index in [4.69, 9.17) is 0 Å². The number of fused-ring (bicyclic) bond motifs is 1. The van der Waals surface area contributed by atoms with Gasteiger partial charge in [-0.25, -0.2) is 8.78 Å². The highest BCUT2D eigenvalue weighted by Crippen LogP contribution is 2.42. The summed E-state index contributed by atoms with van der Waals surface area (Å²) < 4.78 is 26.8. The van der Waals surface area contributed by atoms with Gasteiger partial charge in [-0.1, -0.05) is 60.7 Å². The van der Waals surface area contributed by atoms with Gasteiger partial charge in [-0.3, -0.25) is 19.4 Å². The third-order valence-electron chi connectivity index (χ3n) is 6.50. The molecule has 0 saturated carbocycles. The minimum atomic E-state index is -1.36. The fourth-order valence-electron chi connectivity index (χ4n) is 4.92. The van der Waals surface area contributed by atoms with Gasteiger partial charge < -0.3 is 0 Å². The first-order valence-electron chi connectivity index (χ1n) is 10.7. The van der Waals surface area contributed by atoms with Crippen molar-refractivity contribution in [2.45, 2.75) is 12.1 Å². The van der Waals surface area contributed by atoms with E-state index in [1.165, 1.54) is 6.07 Å². The highest BCUT2D eigenvalue weighted by Gasteiger charge is 2.58. The monoisotopic (exact) mass is 432 g/mol. The van der Waals surface area contributed by atoms with E-state index in [0.29, 0.717) is 55.0 Å². The summed E-state index contributed by atoms with van der Waals surface area (Å²) in [4.78, 5) is 31.5. The molecule has 0 radical (unpaired) electrons. The fourth-order valence-corrected chi connectivity index (χ4v) is 4.92. The van der Waals surface area contributed by atoms with E-state index in [-0.39, 0.29) is 11.6 Å². The van der Waals surface area contributed by atoms with E-state index >= 15 is 0 Å². The van der Waals surface area contributed by atoms with Gasteiger partial charge >= 0.3 is 0 Å². The molecule has 3 aromatic carbocycles. The molecule has 1 aliphatic carbocycles. The fraction of sp³-hybridized carbons (Fsp3) is 0.231. The van der Waals surface area contributed by atoms with Crippen LogP contribution >= 0.6 is 0 Å². The topological polar surface area (TPSA) is 40.6 Å². The molecule has 32 heavy (non-hydrogen) atoms. The Kier molecular flexibility index (Phi) is 5.19. The molecule has 1 heterocycles. The number of hydrogen-bond acceptors (Lipinski definition) is 4. The normalized spacial score (nSPS) is 18.7. The van der Waals surface area contributed by atoms with Crippen LogP contribution in [-0.2, 0) is 12.1 Å². The molecule has 3 aromatic rings. The Bertz CT molecular complexity index is 1150. The lowest BCUT2D eigenvalue weighted by Crippen LogP contribution is -2.60. The number of hydrogen-bond donors (Lipinski definition) is 0. The number of Topliss-reactive ketones (excluding diaryl/α,β-unsaturated/α-hetero) is 2. The van der Waals surface area contributed by atoms with Crippen LogP contribution in [0.4, 0.5) is 8.78 Å². The van der Waals surface area contributed by atoms with Crippen LogP contribution in [0.25, 0.3) is 0 Å². The number of carbonyl (C=O) groups is 2. The summed E-state index contributed by atoms with van der Waals surface area (Å²) in [6.07, 6.45) is 0. The summed E-state index contributed by atoms with van der Waals surface area (Å²) in [5, 5.41) is 0. The van der Waals surface area contributed by atoms with Crippen LogP contribution in [0.3, 0.4) is 0 Å². The van der Waals surface area contributed by atoms with Gasteiger partial charge in [0.1, 0.15) is 0 Å². The third kappa shape index (κ3) is 3.18. The van der Waals surface area contributed by atoms with Crippen LogP contribution in [0, 0.1) is 11.6 Å². The minimum absolute atomic E-state index is 0.182. The van der Waals surface area contributed by atoms with E-state index in [2.05, 4.69) is 4.90 Å². The molecule has 0 N–H and O–H groups in total. The molecule has 0 unspecified atom stereocenters. The Hall–Kier alpha value is -3.22. The van der Waals surface area contributed by atoms with Crippen LogP contribution in [-0.4, -0.2) is 47.5 Å². The van der Waals surface area contributed by atoms with Crippen LogP contribution in [0.15, 0.2) is 72.8 Å². The van der Waals surface area contributed by atoms with E-state index in [9.17, 15) is 18.4 Å². The van der Waals surface area contributed by atoms with E-state index in [1.807, 2.05) is 35.2 Å². The molecule has 6 heteroatoms. The first kappa shape index (κ1) is 20.7.